The average Bonchev–Trinajstić information content (AvgIpc) is 2.37. The van der Waals surface area contributed by atoms with Gasteiger partial charge in [-0.3, -0.25) is 0 Å². The minimum atomic E-state index is -0.104. The van der Waals surface area contributed by atoms with E-state index in [1.807, 2.05) is 6.07 Å². The Morgan fingerprint density at radius 3 is 3.17 bits per heavy atom. The summed E-state index contributed by atoms with van der Waals surface area (Å²) in [6.07, 6.45) is 1.84. The number of hydrogen-bond donors (Lipinski definition) is 2. The molecule has 4 heteroatoms. The highest BCUT2D eigenvalue weighted by molar-refractivity contribution is 7.99. The highest BCUT2D eigenvalue weighted by Crippen LogP contribution is 2.37. The van der Waals surface area contributed by atoms with Crippen LogP contribution in [0, 0.1) is 11.7 Å². The maximum atomic E-state index is 13.7. The van der Waals surface area contributed by atoms with Crippen molar-refractivity contribution in [2.45, 2.75) is 30.7 Å². The Kier molecular flexibility index (Phi) is 5.03. The highest BCUT2D eigenvalue weighted by atomic mass is 32.2. The van der Waals surface area contributed by atoms with E-state index in [2.05, 4.69) is 12.2 Å². The normalized spacial score (nSPS) is 20.5. The molecule has 1 aliphatic rings. The number of nitrogens with one attached hydrogen (secondary N) is 1. The molecule has 0 bridgehead atoms. The molecule has 0 radical (unpaired) electrons. The lowest BCUT2D eigenvalue weighted by atomic mass is 10.0. The summed E-state index contributed by atoms with van der Waals surface area (Å²) in [4.78, 5) is 0.802. The molecule has 2 atom stereocenters. The summed E-state index contributed by atoms with van der Waals surface area (Å²) >= 11 is 1.61. The number of rotatable bonds is 5. The minimum Gasteiger partial charge on any atom is -0.396 e. The lowest BCUT2D eigenvalue weighted by Crippen LogP contribution is -2.29. The number of hydrogen-bond acceptors (Lipinski definition) is 3. The predicted octanol–water partition coefficient (Wildman–Crippen LogP) is 2.97. The zero-order chi connectivity index (χ0) is 13.0. The Morgan fingerprint density at radius 2 is 2.39 bits per heavy atom. The molecule has 100 valence electrons. The van der Waals surface area contributed by atoms with Crippen LogP contribution in [0.2, 0.25) is 0 Å². The van der Waals surface area contributed by atoms with Crippen LogP contribution in [0.25, 0.3) is 0 Å². The molecule has 0 spiro atoms. The van der Waals surface area contributed by atoms with Crippen molar-refractivity contribution in [1.29, 1.82) is 0 Å². The van der Waals surface area contributed by atoms with Gasteiger partial charge in [0.05, 0.1) is 0 Å². The van der Waals surface area contributed by atoms with Gasteiger partial charge in [-0.05, 0) is 42.7 Å². The SMILES string of the molecule is CC(CCO)CNC1CCSc2c(F)cccc21. The molecule has 2 rings (SSSR count). The zero-order valence-corrected chi connectivity index (χ0v) is 11.5. The summed E-state index contributed by atoms with van der Waals surface area (Å²) in [5.41, 5.74) is 1.09. The molecule has 0 aliphatic carbocycles. The van der Waals surface area contributed by atoms with Crippen molar-refractivity contribution in [2.24, 2.45) is 5.92 Å². The summed E-state index contributed by atoms with van der Waals surface area (Å²) in [5.74, 6) is 1.30. The quantitative estimate of drug-likeness (QED) is 0.862. The maximum Gasteiger partial charge on any atom is 0.137 e. The average molecular weight is 269 g/mol. The van der Waals surface area contributed by atoms with Crippen LogP contribution >= 0.6 is 11.8 Å². The summed E-state index contributed by atoms with van der Waals surface area (Å²) in [6.45, 7) is 3.22. The molecular weight excluding hydrogens is 249 g/mol. The van der Waals surface area contributed by atoms with Crippen LogP contribution in [0.1, 0.15) is 31.4 Å². The smallest absolute Gasteiger partial charge is 0.137 e. The molecule has 0 saturated carbocycles. The summed E-state index contributed by atoms with van der Waals surface area (Å²) in [6, 6.07) is 5.58. The third kappa shape index (κ3) is 3.25. The van der Waals surface area contributed by atoms with Crippen molar-refractivity contribution in [3.05, 3.63) is 29.6 Å². The summed E-state index contributed by atoms with van der Waals surface area (Å²) < 4.78 is 13.7. The van der Waals surface area contributed by atoms with E-state index in [1.54, 1.807) is 17.8 Å². The fourth-order valence-electron chi connectivity index (χ4n) is 2.26. The third-order valence-electron chi connectivity index (χ3n) is 3.36. The van der Waals surface area contributed by atoms with Gasteiger partial charge in [-0.15, -0.1) is 11.8 Å². The molecule has 1 aliphatic heterocycles. The van der Waals surface area contributed by atoms with E-state index in [1.165, 1.54) is 6.07 Å². The first-order valence-corrected chi connectivity index (χ1v) is 7.46. The fourth-order valence-corrected chi connectivity index (χ4v) is 3.41. The van der Waals surface area contributed by atoms with E-state index in [-0.39, 0.29) is 18.5 Å². The second kappa shape index (κ2) is 6.55. The van der Waals surface area contributed by atoms with E-state index in [0.717, 1.165) is 35.6 Å². The van der Waals surface area contributed by atoms with Crippen LogP contribution in [0.15, 0.2) is 23.1 Å². The lowest BCUT2D eigenvalue weighted by molar-refractivity contribution is 0.257. The number of benzene rings is 1. The topological polar surface area (TPSA) is 32.3 Å². The second-order valence-electron chi connectivity index (χ2n) is 4.87. The van der Waals surface area contributed by atoms with E-state index < -0.39 is 0 Å². The first-order valence-electron chi connectivity index (χ1n) is 6.48. The molecule has 0 amide bonds. The van der Waals surface area contributed by atoms with E-state index in [0.29, 0.717) is 5.92 Å². The molecule has 2 nitrogen and oxygen atoms in total. The van der Waals surface area contributed by atoms with Gasteiger partial charge in [0.2, 0.25) is 0 Å². The number of fused-ring (bicyclic) bond motifs is 1. The zero-order valence-electron chi connectivity index (χ0n) is 10.7. The Morgan fingerprint density at radius 1 is 1.56 bits per heavy atom. The fraction of sp³-hybridized carbons (Fsp3) is 0.571. The van der Waals surface area contributed by atoms with Gasteiger partial charge in [-0.1, -0.05) is 19.1 Å². The molecule has 1 aromatic rings. The molecule has 18 heavy (non-hydrogen) atoms. The van der Waals surface area contributed by atoms with Crippen LogP contribution in [-0.2, 0) is 0 Å². The van der Waals surface area contributed by atoms with Crippen molar-refractivity contribution >= 4 is 11.8 Å². The van der Waals surface area contributed by atoms with Crippen molar-refractivity contribution in [3.63, 3.8) is 0 Å². The van der Waals surface area contributed by atoms with E-state index in [9.17, 15) is 4.39 Å². The monoisotopic (exact) mass is 269 g/mol. The molecule has 0 aromatic heterocycles. The Balaban J connectivity index is 2.02. The van der Waals surface area contributed by atoms with Crippen molar-refractivity contribution in [2.75, 3.05) is 18.9 Å². The van der Waals surface area contributed by atoms with E-state index >= 15 is 0 Å². The summed E-state index contributed by atoms with van der Waals surface area (Å²) in [5, 5.41) is 12.4. The van der Waals surface area contributed by atoms with Gasteiger partial charge in [0.25, 0.3) is 0 Å². The lowest BCUT2D eigenvalue weighted by Gasteiger charge is -2.27. The van der Waals surface area contributed by atoms with Crippen molar-refractivity contribution in [1.82, 2.24) is 5.32 Å². The Bertz CT molecular complexity index is 399. The molecule has 0 fully saturated rings. The van der Waals surface area contributed by atoms with Crippen molar-refractivity contribution < 1.29 is 9.50 Å². The predicted molar refractivity (Wildman–Crippen MR) is 73.4 cm³/mol. The first-order chi connectivity index (χ1) is 8.72. The first kappa shape index (κ1) is 13.8. The molecule has 2 unspecified atom stereocenters. The molecular formula is C14H20FNOS. The number of aliphatic hydroxyl groups is 1. The molecule has 0 saturated heterocycles. The molecule has 1 heterocycles. The van der Waals surface area contributed by atoms with Crippen LogP contribution < -0.4 is 5.32 Å². The number of aliphatic hydroxyl groups excluding tert-OH is 1. The van der Waals surface area contributed by atoms with Gasteiger partial charge in [-0.2, -0.15) is 0 Å². The van der Waals surface area contributed by atoms with Crippen LogP contribution in [0.4, 0.5) is 4.39 Å². The largest absolute Gasteiger partial charge is 0.396 e. The van der Waals surface area contributed by atoms with Crippen molar-refractivity contribution in [3.8, 4) is 0 Å². The van der Waals surface area contributed by atoms with Gasteiger partial charge in [0.1, 0.15) is 5.82 Å². The van der Waals surface area contributed by atoms with Gasteiger partial charge >= 0.3 is 0 Å². The maximum absolute atomic E-state index is 13.7. The van der Waals surface area contributed by atoms with Gasteiger partial charge < -0.3 is 10.4 Å². The summed E-state index contributed by atoms with van der Waals surface area (Å²) in [7, 11) is 0. The van der Waals surface area contributed by atoms with Gasteiger partial charge in [-0.25, -0.2) is 4.39 Å². The van der Waals surface area contributed by atoms with Gasteiger partial charge in [0.15, 0.2) is 0 Å². The van der Waals surface area contributed by atoms with Gasteiger partial charge in [0, 0.05) is 17.5 Å². The minimum absolute atomic E-state index is 0.104. The number of thioether (sulfide) groups is 1. The molecule has 2 N–H and O–H groups in total. The van der Waals surface area contributed by atoms with Crippen LogP contribution in [-0.4, -0.2) is 24.0 Å². The number of halogens is 1. The van der Waals surface area contributed by atoms with Crippen LogP contribution in [0.3, 0.4) is 0 Å². The van der Waals surface area contributed by atoms with E-state index in [4.69, 9.17) is 5.11 Å². The van der Waals surface area contributed by atoms with Crippen LogP contribution in [0.5, 0.6) is 0 Å². The highest BCUT2D eigenvalue weighted by Gasteiger charge is 2.22. The standard InChI is InChI=1S/C14H20FNOS/c1-10(5-7-17)9-16-13-6-8-18-14-11(13)3-2-4-12(14)15/h2-4,10,13,16-17H,5-9H2,1H3. The third-order valence-corrected chi connectivity index (χ3v) is 4.52. The Hall–Kier alpha value is -0.580. The second-order valence-corrected chi connectivity index (χ2v) is 5.98. The molecule has 1 aromatic carbocycles. The Labute approximate surface area is 112 Å².